The molecule has 0 heterocycles. The molecule has 0 unspecified atom stereocenters. The van der Waals surface area contributed by atoms with Crippen LogP contribution in [0.1, 0.15) is 0 Å². The molecule has 0 bridgehead atoms. The molecule has 0 aliphatic heterocycles. The summed E-state index contributed by atoms with van der Waals surface area (Å²) in [5.41, 5.74) is 0. The zero-order chi connectivity index (χ0) is 2.00. The molecule has 0 amide bonds. The van der Waals surface area contributed by atoms with Crippen LogP contribution < -0.4 is 0 Å². The van der Waals surface area contributed by atoms with Crippen molar-refractivity contribution in [3.05, 3.63) is 0 Å². The van der Waals surface area contributed by atoms with Gasteiger partial charge in [-0.05, 0) is 0 Å². The summed E-state index contributed by atoms with van der Waals surface area (Å²) in [6, 6.07) is 0. The Morgan fingerprint density at radius 2 is 1.25 bits per heavy atom. The van der Waals surface area contributed by atoms with Crippen molar-refractivity contribution in [1.82, 2.24) is 0 Å². The molecule has 0 spiro atoms. The van der Waals surface area contributed by atoms with Gasteiger partial charge >= 0.3 is 69.8 Å². The maximum atomic E-state index is 8.12. The van der Waals surface area contributed by atoms with E-state index in [2.05, 4.69) is 0 Å². The second-order valence-electron chi connectivity index (χ2n) is 0. The van der Waals surface area contributed by atoms with Crippen LogP contribution in [0.2, 0.25) is 0 Å². The van der Waals surface area contributed by atoms with Gasteiger partial charge in [0.05, 0.1) is 0 Å². The minimum absolute atomic E-state index is 0. The molecule has 0 aromatic rings. The summed E-state index contributed by atoms with van der Waals surface area (Å²) in [5, 5.41) is 0. The molecule has 0 atom stereocenters. The predicted octanol–water partition coefficient (Wildman–Crippen LogP) is -2.22. The molecular formula is H5CrInOSn. The fourth-order valence-corrected chi connectivity index (χ4v) is 0. The van der Waals surface area contributed by atoms with Crippen molar-refractivity contribution >= 4 is 49.8 Å². The van der Waals surface area contributed by atoms with E-state index in [4.69, 9.17) is 3.80 Å². The molecule has 0 rings (SSSR count). The first kappa shape index (κ1) is 16.7. The Kier molecular flexibility index (Phi) is 83.3. The van der Waals surface area contributed by atoms with Crippen LogP contribution in [0, 0.1) is 0 Å². The van der Waals surface area contributed by atoms with Gasteiger partial charge in [0, 0.05) is 0 Å². The fraction of sp³-hybridized carbons (Fsp3) is 0. The first-order valence-corrected chi connectivity index (χ1v) is 0.687. The summed E-state index contributed by atoms with van der Waals surface area (Å²) >= 11 is 1.38. The summed E-state index contributed by atoms with van der Waals surface area (Å²) < 4.78 is 8.12. The van der Waals surface area contributed by atoms with Crippen LogP contribution >= 0.6 is 0 Å². The molecular weight excluding hydrogens is 302 g/mol. The molecule has 4 heavy (non-hydrogen) atoms. The van der Waals surface area contributed by atoms with Crippen molar-refractivity contribution in [3.63, 3.8) is 0 Å². The molecule has 0 aliphatic carbocycles. The van der Waals surface area contributed by atoms with Gasteiger partial charge < -0.3 is 0 Å². The third-order valence-electron chi connectivity index (χ3n) is 0. The van der Waals surface area contributed by atoms with Gasteiger partial charge in [0.1, 0.15) is 0 Å². The Balaban J connectivity index is -0.00000000500. The second-order valence-corrected chi connectivity index (χ2v) is 0. The molecule has 24 valence electrons. The van der Waals surface area contributed by atoms with Crippen LogP contribution in [0.4, 0.5) is 0 Å². The van der Waals surface area contributed by atoms with Crippen LogP contribution in [0.15, 0.2) is 0 Å². The van der Waals surface area contributed by atoms with Crippen molar-refractivity contribution in [2.75, 3.05) is 0 Å². The van der Waals surface area contributed by atoms with Crippen LogP contribution in [0.25, 0.3) is 0 Å². The zero-order valence-electron chi connectivity index (χ0n) is 1.52. The number of rotatable bonds is 0. The summed E-state index contributed by atoms with van der Waals surface area (Å²) in [7, 11) is 0. The molecule has 0 fully saturated rings. The molecule has 0 saturated carbocycles. The standard InChI is InChI=1S/Cr.In.O.Sn.5H. The van der Waals surface area contributed by atoms with Crippen molar-refractivity contribution in [2.24, 2.45) is 0 Å². The van der Waals surface area contributed by atoms with Gasteiger partial charge in [-0.2, -0.15) is 0 Å². The summed E-state index contributed by atoms with van der Waals surface area (Å²) in [6.07, 6.45) is 0. The second kappa shape index (κ2) is 20.0. The summed E-state index contributed by atoms with van der Waals surface area (Å²) in [5.74, 6) is 0. The molecule has 1 nitrogen and oxygen atoms in total. The van der Waals surface area contributed by atoms with Gasteiger partial charge in [-0.1, -0.05) is 0 Å². The van der Waals surface area contributed by atoms with E-state index >= 15 is 0 Å². The van der Waals surface area contributed by atoms with E-state index in [1.54, 1.807) is 0 Å². The average molecular weight is 307 g/mol. The Hall–Kier alpha value is 2.00. The first-order chi connectivity index (χ1) is 1.00. The zero-order valence-corrected chi connectivity index (χ0v) is 6.83. The van der Waals surface area contributed by atoms with E-state index in [1.165, 1.54) is 16.2 Å². The summed E-state index contributed by atoms with van der Waals surface area (Å²) in [6.45, 7) is 0. The third-order valence-corrected chi connectivity index (χ3v) is 0. The van der Waals surface area contributed by atoms with Gasteiger partial charge in [-0.25, -0.2) is 0 Å². The van der Waals surface area contributed by atoms with E-state index in [9.17, 15) is 0 Å². The fourth-order valence-electron chi connectivity index (χ4n) is 0. The van der Waals surface area contributed by atoms with Crippen molar-refractivity contribution in [2.45, 2.75) is 0 Å². The van der Waals surface area contributed by atoms with E-state index in [0.29, 0.717) is 0 Å². The van der Waals surface area contributed by atoms with Gasteiger partial charge in [-0.15, -0.1) is 0 Å². The number of hydrogen-bond donors (Lipinski definition) is 0. The molecule has 4 heteroatoms. The molecule has 0 saturated heterocycles. The van der Waals surface area contributed by atoms with Crippen LogP contribution in [-0.4, -0.2) is 49.8 Å². The molecule has 0 aromatic carbocycles. The van der Waals surface area contributed by atoms with E-state index in [1.807, 2.05) is 0 Å². The first-order valence-electron chi connectivity index (χ1n) is 0.167. The van der Waals surface area contributed by atoms with E-state index in [0.717, 1.165) is 0 Å². The predicted molar refractivity (Wildman–Crippen MR) is 19.2 cm³/mol. The normalized spacial score (nSPS) is 1.00. The SMILES string of the molecule is [InH3].[O]=[Cr].[SnH2]. The van der Waals surface area contributed by atoms with Crippen molar-refractivity contribution < 1.29 is 20.0 Å². The van der Waals surface area contributed by atoms with Gasteiger partial charge in [0.15, 0.2) is 0 Å². The van der Waals surface area contributed by atoms with Crippen molar-refractivity contribution in [3.8, 4) is 0 Å². The van der Waals surface area contributed by atoms with Crippen molar-refractivity contribution in [1.29, 1.82) is 0 Å². The Morgan fingerprint density at radius 3 is 1.25 bits per heavy atom. The molecule has 0 aromatic heterocycles. The minimum atomic E-state index is 0. The van der Waals surface area contributed by atoms with Crippen LogP contribution in [0.3, 0.4) is 0 Å². The van der Waals surface area contributed by atoms with Crippen LogP contribution in [-0.2, 0) is 20.0 Å². The van der Waals surface area contributed by atoms with Gasteiger partial charge in [-0.3, -0.25) is 0 Å². The maximum absolute atomic E-state index is 8.12. The number of hydrogen-bond acceptors (Lipinski definition) is 1. The van der Waals surface area contributed by atoms with E-state index < -0.39 is 0 Å². The molecule has 0 aliphatic rings. The molecule has 2 radical (unpaired) electrons. The monoisotopic (exact) mass is 308 g/mol. The van der Waals surface area contributed by atoms with Crippen LogP contribution in [0.5, 0.6) is 0 Å². The Morgan fingerprint density at radius 1 is 1.25 bits per heavy atom. The Labute approximate surface area is 68.9 Å². The molecule has 0 N–H and O–H groups in total. The average Bonchev–Trinajstić information content (AvgIpc) is 1.00. The van der Waals surface area contributed by atoms with Gasteiger partial charge in [0.25, 0.3) is 0 Å². The van der Waals surface area contributed by atoms with Gasteiger partial charge in [0.2, 0.25) is 0 Å². The topological polar surface area (TPSA) is 17.1 Å². The third kappa shape index (κ3) is 9.00. The quantitative estimate of drug-likeness (QED) is 0.464. The van der Waals surface area contributed by atoms with E-state index in [-0.39, 0.29) is 49.8 Å². The Bertz CT molecular complexity index is 8.00. The summed E-state index contributed by atoms with van der Waals surface area (Å²) in [4.78, 5) is 0.